The highest BCUT2D eigenvalue weighted by molar-refractivity contribution is 5.77. The van der Waals surface area contributed by atoms with E-state index in [4.69, 9.17) is 5.73 Å². The number of aryl methyl sites for hydroxylation is 2. The van der Waals surface area contributed by atoms with Gasteiger partial charge in [0.05, 0.1) is 0 Å². The van der Waals surface area contributed by atoms with Gasteiger partial charge in [-0.15, -0.1) is 0 Å². The molecule has 0 aliphatic rings. The second-order valence-electron chi connectivity index (χ2n) is 3.78. The normalized spacial score (nSPS) is 11.1. The van der Waals surface area contributed by atoms with Gasteiger partial charge in [0.1, 0.15) is 5.52 Å². The van der Waals surface area contributed by atoms with Gasteiger partial charge in [-0.25, -0.2) is 9.97 Å². The van der Waals surface area contributed by atoms with Crippen molar-refractivity contribution in [3.63, 3.8) is 0 Å². The zero-order valence-corrected chi connectivity index (χ0v) is 9.20. The number of nitrogen functional groups attached to an aromatic ring is 1. The van der Waals surface area contributed by atoms with Gasteiger partial charge >= 0.3 is 0 Å². The Kier molecular flexibility index (Phi) is 2.58. The highest BCUT2D eigenvalue weighted by Crippen LogP contribution is 2.19. The molecule has 15 heavy (non-hydrogen) atoms. The van der Waals surface area contributed by atoms with Crippen LogP contribution in [-0.4, -0.2) is 14.5 Å². The average Bonchev–Trinajstić information content (AvgIpc) is 2.54. The molecule has 2 N–H and O–H groups in total. The Labute approximate surface area is 89.1 Å². The zero-order valence-electron chi connectivity index (χ0n) is 9.20. The maximum absolute atomic E-state index is 5.87. The van der Waals surface area contributed by atoms with Crippen LogP contribution in [0.25, 0.3) is 11.2 Å². The summed E-state index contributed by atoms with van der Waals surface area (Å²) in [5, 5.41) is 0. The summed E-state index contributed by atoms with van der Waals surface area (Å²) in [5.41, 5.74) is 8.83. The van der Waals surface area contributed by atoms with Crippen molar-refractivity contribution >= 4 is 17.1 Å². The number of nitrogens with two attached hydrogens (primary N) is 1. The van der Waals surface area contributed by atoms with E-state index in [1.54, 1.807) is 6.20 Å². The fraction of sp³-hybridized carbons (Fsp3) is 0.455. The van der Waals surface area contributed by atoms with Crippen LogP contribution in [0, 0.1) is 6.92 Å². The fourth-order valence-electron chi connectivity index (χ4n) is 1.69. The summed E-state index contributed by atoms with van der Waals surface area (Å²) in [6.07, 6.45) is 4.05. The van der Waals surface area contributed by atoms with Crippen molar-refractivity contribution in [3.8, 4) is 0 Å². The molecular weight excluding hydrogens is 188 g/mol. The number of rotatable bonds is 3. The molecule has 0 aromatic carbocycles. The molecule has 0 amide bonds. The standard InChI is InChI=1S/C11H16N4/c1-3-4-7-15-10-9(14-11(15)12)8(2)5-6-13-10/h5-6H,3-4,7H2,1-2H3,(H2,12,14). The van der Waals surface area contributed by atoms with Crippen molar-refractivity contribution in [2.45, 2.75) is 33.2 Å². The van der Waals surface area contributed by atoms with Gasteiger partial charge in [-0.3, -0.25) is 4.57 Å². The van der Waals surface area contributed by atoms with Crippen LogP contribution in [0.2, 0.25) is 0 Å². The Balaban J connectivity index is 2.53. The van der Waals surface area contributed by atoms with Gasteiger partial charge in [-0.2, -0.15) is 0 Å². The fourth-order valence-corrected chi connectivity index (χ4v) is 1.69. The van der Waals surface area contributed by atoms with Crippen LogP contribution in [0.4, 0.5) is 5.95 Å². The van der Waals surface area contributed by atoms with E-state index in [9.17, 15) is 0 Å². The molecular formula is C11H16N4. The number of hydrogen-bond donors (Lipinski definition) is 1. The molecule has 0 saturated heterocycles. The van der Waals surface area contributed by atoms with E-state index >= 15 is 0 Å². The van der Waals surface area contributed by atoms with Crippen LogP contribution >= 0.6 is 0 Å². The molecule has 0 fully saturated rings. The smallest absolute Gasteiger partial charge is 0.202 e. The molecule has 0 bridgehead atoms. The number of aromatic nitrogens is 3. The lowest BCUT2D eigenvalue weighted by atomic mass is 10.3. The molecule has 4 heteroatoms. The SMILES string of the molecule is CCCCn1c(N)nc2c(C)ccnc21. The number of fused-ring (bicyclic) bond motifs is 1. The topological polar surface area (TPSA) is 56.7 Å². The van der Waals surface area contributed by atoms with Gasteiger partial charge in [0.15, 0.2) is 5.65 Å². The first kappa shape index (κ1) is 9.96. The first-order valence-corrected chi connectivity index (χ1v) is 5.31. The summed E-state index contributed by atoms with van der Waals surface area (Å²) in [4.78, 5) is 8.68. The molecule has 0 spiro atoms. The summed E-state index contributed by atoms with van der Waals surface area (Å²) in [7, 11) is 0. The van der Waals surface area contributed by atoms with Crippen molar-refractivity contribution in [2.75, 3.05) is 5.73 Å². The lowest BCUT2D eigenvalue weighted by molar-refractivity contribution is 0.649. The van der Waals surface area contributed by atoms with Crippen LogP contribution in [0.15, 0.2) is 12.3 Å². The second kappa shape index (κ2) is 3.88. The molecule has 2 heterocycles. The summed E-state index contributed by atoms with van der Waals surface area (Å²) in [6.45, 7) is 5.09. The third-order valence-electron chi connectivity index (χ3n) is 2.60. The van der Waals surface area contributed by atoms with E-state index in [1.807, 2.05) is 17.6 Å². The van der Waals surface area contributed by atoms with Crippen LogP contribution in [-0.2, 0) is 6.54 Å². The third kappa shape index (κ3) is 1.67. The molecule has 2 aromatic rings. The molecule has 4 nitrogen and oxygen atoms in total. The Morgan fingerprint density at radius 1 is 1.47 bits per heavy atom. The van der Waals surface area contributed by atoms with Crippen molar-refractivity contribution in [2.24, 2.45) is 0 Å². The van der Waals surface area contributed by atoms with Crippen molar-refractivity contribution in [1.29, 1.82) is 0 Å². The number of imidazole rings is 1. The Morgan fingerprint density at radius 3 is 3.00 bits per heavy atom. The van der Waals surface area contributed by atoms with Crippen LogP contribution in [0.1, 0.15) is 25.3 Å². The number of anilines is 1. The molecule has 0 saturated carbocycles. The van der Waals surface area contributed by atoms with Gasteiger partial charge in [0, 0.05) is 12.7 Å². The predicted molar refractivity (Wildman–Crippen MR) is 61.6 cm³/mol. The number of unbranched alkanes of at least 4 members (excludes halogenated alkanes) is 1. The van der Waals surface area contributed by atoms with E-state index in [1.165, 1.54) is 0 Å². The quantitative estimate of drug-likeness (QED) is 0.833. The highest BCUT2D eigenvalue weighted by Gasteiger charge is 2.09. The minimum Gasteiger partial charge on any atom is -0.369 e. The molecule has 0 unspecified atom stereocenters. The second-order valence-corrected chi connectivity index (χ2v) is 3.78. The van der Waals surface area contributed by atoms with Crippen molar-refractivity contribution in [3.05, 3.63) is 17.8 Å². The molecule has 0 atom stereocenters. The number of hydrogen-bond acceptors (Lipinski definition) is 3. The zero-order chi connectivity index (χ0) is 10.8. The number of nitrogens with zero attached hydrogens (tertiary/aromatic N) is 3. The molecule has 2 rings (SSSR count). The Hall–Kier alpha value is -1.58. The van der Waals surface area contributed by atoms with Gasteiger partial charge < -0.3 is 5.73 Å². The molecule has 0 aliphatic heterocycles. The maximum atomic E-state index is 5.87. The predicted octanol–water partition coefficient (Wildman–Crippen LogP) is 2.12. The maximum Gasteiger partial charge on any atom is 0.202 e. The van der Waals surface area contributed by atoms with Gasteiger partial charge in [-0.05, 0) is 25.0 Å². The average molecular weight is 204 g/mol. The van der Waals surface area contributed by atoms with E-state index < -0.39 is 0 Å². The van der Waals surface area contributed by atoms with Crippen molar-refractivity contribution < 1.29 is 0 Å². The summed E-state index contributed by atoms with van der Waals surface area (Å²) in [6, 6.07) is 1.96. The lowest BCUT2D eigenvalue weighted by Gasteiger charge is -2.03. The van der Waals surface area contributed by atoms with E-state index in [2.05, 4.69) is 16.9 Å². The summed E-state index contributed by atoms with van der Waals surface area (Å²) in [5.74, 6) is 0.570. The minimum absolute atomic E-state index is 0.570. The van der Waals surface area contributed by atoms with Crippen LogP contribution < -0.4 is 5.73 Å². The van der Waals surface area contributed by atoms with E-state index in [0.717, 1.165) is 36.1 Å². The first-order valence-electron chi connectivity index (χ1n) is 5.31. The summed E-state index contributed by atoms with van der Waals surface area (Å²) < 4.78 is 1.99. The molecule has 80 valence electrons. The molecule has 2 aromatic heterocycles. The first-order chi connectivity index (χ1) is 7.24. The molecule has 0 aliphatic carbocycles. The number of pyridine rings is 1. The van der Waals surface area contributed by atoms with E-state index in [0.29, 0.717) is 5.95 Å². The third-order valence-corrected chi connectivity index (χ3v) is 2.60. The Morgan fingerprint density at radius 2 is 2.27 bits per heavy atom. The minimum atomic E-state index is 0.570. The monoisotopic (exact) mass is 204 g/mol. The van der Waals surface area contributed by atoms with Gasteiger partial charge in [0.2, 0.25) is 5.95 Å². The van der Waals surface area contributed by atoms with Crippen LogP contribution in [0.5, 0.6) is 0 Å². The van der Waals surface area contributed by atoms with Crippen molar-refractivity contribution in [1.82, 2.24) is 14.5 Å². The molecule has 0 radical (unpaired) electrons. The Bertz CT molecular complexity index is 473. The van der Waals surface area contributed by atoms with E-state index in [-0.39, 0.29) is 0 Å². The summed E-state index contributed by atoms with van der Waals surface area (Å²) >= 11 is 0. The van der Waals surface area contributed by atoms with Gasteiger partial charge in [-0.1, -0.05) is 13.3 Å². The highest BCUT2D eigenvalue weighted by atomic mass is 15.2. The lowest BCUT2D eigenvalue weighted by Crippen LogP contribution is -2.03. The van der Waals surface area contributed by atoms with Crippen LogP contribution in [0.3, 0.4) is 0 Å². The largest absolute Gasteiger partial charge is 0.369 e. The van der Waals surface area contributed by atoms with Gasteiger partial charge in [0.25, 0.3) is 0 Å².